The van der Waals surface area contributed by atoms with Crippen molar-refractivity contribution in [3.63, 3.8) is 0 Å². The third-order valence-electron chi connectivity index (χ3n) is 3.20. The number of amides is 2. The molecule has 1 aromatic rings. The van der Waals surface area contributed by atoms with Gasteiger partial charge in [0.2, 0.25) is 5.91 Å². The van der Waals surface area contributed by atoms with Crippen LogP contribution in [0, 0.1) is 5.82 Å². The summed E-state index contributed by atoms with van der Waals surface area (Å²) in [6.07, 6.45) is 0. The molecular formula is C14H16ClFN2O3. The first-order chi connectivity index (χ1) is 10.0. The number of carbonyl (C=O) groups excluding carboxylic acids is 2. The number of rotatable bonds is 3. The fourth-order valence-electron chi connectivity index (χ4n) is 2.17. The number of ether oxygens (including phenoxy) is 1. The molecule has 1 fully saturated rings. The van der Waals surface area contributed by atoms with Crippen LogP contribution in [-0.4, -0.2) is 49.1 Å². The Morgan fingerprint density at radius 2 is 2.29 bits per heavy atom. The highest BCUT2D eigenvalue weighted by molar-refractivity contribution is 6.31. The SMILES string of the molecule is CCNC(=O)C1COCCN1C(=O)c1cc(Cl)ccc1F. The van der Waals surface area contributed by atoms with Crippen LogP contribution in [0.5, 0.6) is 0 Å². The molecule has 1 aromatic carbocycles. The molecule has 0 spiro atoms. The van der Waals surface area contributed by atoms with Gasteiger partial charge in [-0.2, -0.15) is 0 Å². The molecule has 1 heterocycles. The molecule has 0 bridgehead atoms. The highest BCUT2D eigenvalue weighted by Crippen LogP contribution is 2.19. The molecule has 0 radical (unpaired) electrons. The topological polar surface area (TPSA) is 58.6 Å². The number of morpholine rings is 1. The predicted octanol–water partition coefficient (Wildman–Crippen LogP) is 1.46. The molecule has 7 heteroatoms. The van der Waals surface area contributed by atoms with E-state index in [4.69, 9.17) is 16.3 Å². The molecule has 1 aliphatic heterocycles. The lowest BCUT2D eigenvalue weighted by Crippen LogP contribution is -2.56. The fourth-order valence-corrected chi connectivity index (χ4v) is 2.34. The molecular weight excluding hydrogens is 299 g/mol. The molecule has 114 valence electrons. The summed E-state index contributed by atoms with van der Waals surface area (Å²) in [6.45, 7) is 2.86. The van der Waals surface area contributed by atoms with Gasteiger partial charge in [0.1, 0.15) is 11.9 Å². The maximum atomic E-state index is 13.8. The Balaban J connectivity index is 2.26. The van der Waals surface area contributed by atoms with Gasteiger partial charge in [0.15, 0.2) is 0 Å². The summed E-state index contributed by atoms with van der Waals surface area (Å²) in [4.78, 5) is 25.8. The summed E-state index contributed by atoms with van der Waals surface area (Å²) in [5, 5.41) is 2.91. The lowest BCUT2D eigenvalue weighted by atomic mass is 10.1. The van der Waals surface area contributed by atoms with Gasteiger partial charge in [-0.25, -0.2) is 4.39 Å². The summed E-state index contributed by atoms with van der Waals surface area (Å²) in [5.41, 5.74) is -0.140. The maximum absolute atomic E-state index is 13.8. The van der Waals surface area contributed by atoms with Gasteiger partial charge in [-0.3, -0.25) is 9.59 Å². The molecule has 2 amide bonds. The molecule has 2 rings (SSSR count). The van der Waals surface area contributed by atoms with Crippen LogP contribution in [-0.2, 0) is 9.53 Å². The number of nitrogens with one attached hydrogen (secondary N) is 1. The molecule has 0 aliphatic carbocycles. The minimum Gasteiger partial charge on any atom is -0.377 e. The lowest BCUT2D eigenvalue weighted by molar-refractivity contribution is -0.130. The van der Waals surface area contributed by atoms with Gasteiger partial charge in [-0.15, -0.1) is 0 Å². The first-order valence-electron chi connectivity index (χ1n) is 6.66. The van der Waals surface area contributed by atoms with Crippen LogP contribution in [0.3, 0.4) is 0 Å². The number of halogens is 2. The monoisotopic (exact) mass is 314 g/mol. The predicted molar refractivity (Wildman–Crippen MR) is 75.7 cm³/mol. The van der Waals surface area contributed by atoms with Crippen molar-refractivity contribution in [3.8, 4) is 0 Å². The summed E-state index contributed by atoms with van der Waals surface area (Å²) >= 11 is 5.81. The molecule has 1 unspecified atom stereocenters. The van der Waals surface area contributed by atoms with E-state index >= 15 is 0 Å². The van der Waals surface area contributed by atoms with Crippen molar-refractivity contribution in [1.29, 1.82) is 0 Å². The van der Waals surface area contributed by atoms with Crippen LogP contribution in [0.2, 0.25) is 5.02 Å². The third-order valence-corrected chi connectivity index (χ3v) is 3.44. The minimum atomic E-state index is -0.760. The van der Waals surface area contributed by atoms with Crippen LogP contribution in [0.1, 0.15) is 17.3 Å². The zero-order valence-corrected chi connectivity index (χ0v) is 12.3. The van der Waals surface area contributed by atoms with Crippen molar-refractivity contribution in [2.24, 2.45) is 0 Å². The zero-order chi connectivity index (χ0) is 15.4. The van der Waals surface area contributed by atoms with Crippen molar-refractivity contribution >= 4 is 23.4 Å². The third kappa shape index (κ3) is 3.51. The van der Waals surface area contributed by atoms with Gasteiger partial charge in [0.25, 0.3) is 5.91 Å². The van der Waals surface area contributed by atoms with E-state index in [0.717, 1.165) is 6.07 Å². The highest BCUT2D eigenvalue weighted by Gasteiger charge is 2.34. The van der Waals surface area contributed by atoms with Gasteiger partial charge in [0, 0.05) is 18.1 Å². The summed E-state index contributed by atoms with van der Waals surface area (Å²) in [5.74, 6) is -1.53. The smallest absolute Gasteiger partial charge is 0.257 e. The van der Waals surface area contributed by atoms with Gasteiger partial charge < -0.3 is 15.0 Å². The van der Waals surface area contributed by atoms with Gasteiger partial charge in [-0.05, 0) is 25.1 Å². The Morgan fingerprint density at radius 3 is 3.00 bits per heavy atom. The molecule has 0 saturated carbocycles. The van der Waals surface area contributed by atoms with E-state index in [1.807, 2.05) is 0 Å². The Kier molecular flexibility index (Phi) is 5.14. The van der Waals surface area contributed by atoms with E-state index in [1.54, 1.807) is 6.92 Å². The number of carbonyl (C=O) groups is 2. The van der Waals surface area contributed by atoms with E-state index in [-0.39, 0.29) is 29.6 Å². The minimum absolute atomic E-state index is 0.0970. The maximum Gasteiger partial charge on any atom is 0.257 e. The number of nitrogens with zero attached hydrogens (tertiary/aromatic N) is 1. The standard InChI is InChI=1S/C14H16ClFN2O3/c1-2-17-13(19)12-8-21-6-5-18(12)14(20)10-7-9(15)3-4-11(10)16/h3-4,7,12H,2,5-6,8H2,1H3,(H,17,19). The summed E-state index contributed by atoms with van der Waals surface area (Å²) < 4.78 is 19.1. The van der Waals surface area contributed by atoms with E-state index in [2.05, 4.69) is 5.32 Å². The van der Waals surface area contributed by atoms with Crippen LogP contribution in [0.25, 0.3) is 0 Å². The zero-order valence-electron chi connectivity index (χ0n) is 11.6. The molecule has 1 atom stereocenters. The second kappa shape index (κ2) is 6.87. The van der Waals surface area contributed by atoms with Crippen molar-refractivity contribution in [3.05, 3.63) is 34.6 Å². The molecule has 0 aromatic heterocycles. The average Bonchev–Trinajstić information content (AvgIpc) is 2.49. The first kappa shape index (κ1) is 15.7. The Morgan fingerprint density at radius 1 is 1.52 bits per heavy atom. The highest BCUT2D eigenvalue weighted by atomic mass is 35.5. The second-order valence-electron chi connectivity index (χ2n) is 4.61. The average molecular weight is 315 g/mol. The van der Waals surface area contributed by atoms with Crippen LogP contribution < -0.4 is 5.32 Å². The molecule has 1 aliphatic rings. The Hall–Kier alpha value is -1.66. The summed E-state index contributed by atoms with van der Waals surface area (Å²) in [7, 11) is 0. The molecule has 5 nitrogen and oxygen atoms in total. The van der Waals surface area contributed by atoms with Crippen molar-refractivity contribution in [2.45, 2.75) is 13.0 Å². The van der Waals surface area contributed by atoms with E-state index in [1.165, 1.54) is 17.0 Å². The normalized spacial score (nSPS) is 18.4. The van der Waals surface area contributed by atoms with Crippen LogP contribution >= 0.6 is 11.6 Å². The quantitative estimate of drug-likeness (QED) is 0.919. The number of hydrogen-bond donors (Lipinski definition) is 1. The van der Waals surface area contributed by atoms with Crippen molar-refractivity contribution < 1.29 is 18.7 Å². The van der Waals surface area contributed by atoms with E-state index in [9.17, 15) is 14.0 Å². The van der Waals surface area contributed by atoms with Crippen molar-refractivity contribution in [1.82, 2.24) is 10.2 Å². The van der Waals surface area contributed by atoms with Crippen LogP contribution in [0.4, 0.5) is 4.39 Å². The Labute approximate surface area is 127 Å². The Bertz CT molecular complexity index is 553. The number of likely N-dealkylation sites (N-methyl/N-ethyl adjacent to an activating group) is 1. The fraction of sp³-hybridized carbons (Fsp3) is 0.429. The first-order valence-corrected chi connectivity index (χ1v) is 7.04. The van der Waals surface area contributed by atoms with Gasteiger partial charge in [-0.1, -0.05) is 11.6 Å². The van der Waals surface area contributed by atoms with Crippen molar-refractivity contribution in [2.75, 3.05) is 26.3 Å². The van der Waals surface area contributed by atoms with E-state index < -0.39 is 17.8 Å². The van der Waals surface area contributed by atoms with Crippen LogP contribution in [0.15, 0.2) is 18.2 Å². The lowest BCUT2D eigenvalue weighted by Gasteiger charge is -2.34. The number of hydrogen-bond acceptors (Lipinski definition) is 3. The van der Waals surface area contributed by atoms with Gasteiger partial charge in [0.05, 0.1) is 18.8 Å². The molecule has 1 N–H and O–H groups in total. The summed E-state index contributed by atoms with van der Waals surface area (Å²) in [6, 6.07) is 3.01. The van der Waals surface area contributed by atoms with Gasteiger partial charge >= 0.3 is 0 Å². The second-order valence-corrected chi connectivity index (χ2v) is 5.04. The number of benzene rings is 1. The van der Waals surface area contributed by atoms with E-state index in [0.29, 0.717) is 13.2 Å². The molecule has 21 heavy (non-hydrogen) atoms. The largest absolute Gasteiger partial charge is 0.377 e. The molecule has 1 saturated heterocycles.